The summed E-state index contributed by atoms with van der Waals surface area (Å²) in [5, 5.41) is 0.678. The van der Waals surface area contributed by atoms with Crippen molar-refractivity contribution in [2.75, 3.05) is 7.11 Å². The van der Waals surface area contributed by atoms with Crippen LogP contribution in [-0.2, 0) is 4.74 Å². The fourth-order valence-corrected chi connectivity index (χ4v) is 3.94. The van der Waals surface area contributed by atoms with E-state index in [1.54, 1.807) is 19.1 Å². The predicted octanol–water partition coefficient (Wildman–Crippen LogP) is 4.60. The molecule has 1 aliphatic rings. The molecular formula is C22H20F2N4O2. The maximum absolute atomic E-state index is 15.0. The van der Waals surface area contributed by atoms with Gasteiger partial charge >= 0.3 is 5.97 Å². The topological polar surface area (TPSA) is 85.9 Å². The van der Waals surface area contributed by atoms with E-state index in [1.165, 1.54) is 25.3 Å². The van der Waals surface area contributed by atoms with Crippen molar-refractivity contribution >= 4 is 27.9 Å². The van der Waals surface area contributed by atoms with Crippen molar-refractivity contribution in [3.8, 4) is 11.5 Å². The molecule has 2 aromatic carbocycles. The third-order valence-corrected chi connectivity index (χ3v) is 5.54. The van der Waals surface area contributed by atoms with E-state index in [2.05, 4.69) is 9.97 Å². The van der Waals surface area contributed by atoms with Gasteiger partial charge in [-0.05, 0) is 50.1 Å². The van der Waals surface area contributed by atoms with Crippen molar-refractivity contribution in [3.05, 3.63) is 53.1 Å². The van der Waals surface area contributed by atoms with Crippen LogP contribution in [-0.4, -0.2) is 27.6 Å². The molecule has 8 heteroatoms. The number of methoxy groups -OCH3 is 1. The molecule has 6 nitrogen and oxygen atoms in total. The molecule has 2 aromatic heterocycles. The highest BCUT2D eigenvalue weighted by Gasteiger charge is 2.31. The molecule has 0 aliphatic heterocycles. The number of carbonyl (C=O) groups is 1. The lowest BCUT2D eigenvalue weighted by Crippen LogP contribution is -2.07. The summed E-state index contributed by atoms with van der Waals surface area (Å²) in [6, 6.07) is 7.32. The van der Waals surface area contributed by atoms with Gasteiger partial charge in [-0.2, -0.15) is 0 Å². The lowest BCUT2D eigenvalue weighted by molar-refractivity contribution is 0.0600. The third kappa shape index (κ3) is 2.87. The highest BCUT2D eigenvalue weighted by Crippen LogP contribution is 2.42. The van der Waals surface area contributed by atoms with Gasteiger partial charge in [0, 0.05) is 28.6 Å². The van der Waals surface area contributed by atoms with E-state index >= 15 is 0 Å². The van der Waals surface area contributed by atoms with Crippen LogP contribution in [0.3, 0.4) is 0 Å². The molecule has 0 radical (unpaired) electrons. The predicted molar refractivity (Wildman–Crippen MR) is 109 cm³/mol. The zero-order valence-electron chi connectivity index (χ0n) is 16.5. The number of hydrogen-bond donors (Lipinski definition) is 2. The van der Waals surface area contributed by atoms with Gasteiger partial charge in [-0.25, -0.2) is 18.6 Å². The Balaban J connectivity index is 1.73. The molecule has 0 spiro atoms. The van der Waals surface area contributed by atoms with Crippen molar-refractivity contribution in [1.29, 1.82) is 0 Å². The van der Waals surface area contributed by atoms with Crippen LogP contribution in [0.1, 0.15) is 47.8 Å². The van der Waals surface area contributed by atoms with Crippen LogP contribution in [0.5, 0.6) is 0 Å². The molecule has 1 aliphatic carbocycles. The molecule has 1 fully saturated rings. The summed E-state index contributed by atoms with van der Waals surface area (Å²) in [4.78, 5) is 19.8. The van der Waals surface area contributed by atoms with E-state index < -0.39 is 17.8 Å². The normalized spacial score (nSPS) is 15.1. The van der Waals surface area contributed by atoms with Crippen LogP contribution in [0.4, 0.5) is 8.78 Å². The first-order chi connectivity index (χ1) is 14.4. The van der Waals surface area contributed by atoms with Gasteiger partial charge in [0.05, 0.1) is 23.9 Å². The Kier molecular flexibility index (Phi) is 4.14. The minimum atomic E-state index is -0.622. The number of aromatic amines is 1. The fraction of sp³-hybridized carbons (Fsp3) is 0.273. The molecule has 0 amide bonds. The number of halogens is 2. The number of H-pyrrole nitrogens is 1. The van der Waals surface area contributed by atoms with E-state index in [1.807, 2.05) is 4.57 Å². The van der Waals surface area contributed by atoms with Crippen molar-refractivity contribution in [3.63, 3.8) is 0 Å². The Morgan fingerprint density at radius 2 is 2.00 bits per heavy atom. The van der Waals surface area contributed by atoms with E-state index in [-0.39, 0.29) is 17.4 Å². The number of hydrogen-bond acceptors (Lipinski definition) is 4. The minimum absolute atomic E-state index is 0.106. The molecule has 0 bridgehead atoms. The Labute approximate surface area is 170 Å². The molecule has 1 atom stereocenters. The van der Waals surface area contributed by atoms with Crippen molar-refractivity contribution < 1.29 is 18.3 Å². The third-order valence-electron chi connectivity index (χ3n) is 5.54. The number of fused-ring (bicyclic) bond motifs is 2. The van der Waals surface area contributed by atoms with Crippen LogP contribution in [0.15, 0.2) is 30.3 Å². The second-order valence-corrected chi connectivity index (χ2v) is 7.79. The fourth-order valence-electron chi connectivity index (χ4n) is 3.94. The maximum atomic E-state index is 15.0. The number of esters is 1. The molecule has 1 saturated carbocycles. The summed E-state index contributed by atoms with van der Waals surface area (Å²) in [6.45, 7) is 1.72. The molecule has 154 valence electrons. The number of nitrogens with zero attached hydrogens (tertiary/aromatic N) is 2. The zero-order chi connectivity index (χ0) is 21.2. The number of nitrogens with one attached hydrogen (secondary N) is 1. The van der Waals surface area contributed by atoms with Gasteiger partial charge in [0.15, 0.2) is 5.82 Å². The molecule has 30 heavy (non-hydrogen) atoms. The first-order valence-electron chi connectivity index (χ1n) is 9.75. The SMILES string of the molecule is COC(=O)c1cc(F)c2c(c1)nc(-c1cc3cc(F)c([C@@H](C)N)cc3[nH]1)n2C1CC1. The first-order valence-corrected chi connectivity index (χ1v) is 9.75. The molecule has 5 rings (SSSR count). The van der Waals surface area contributed by atoms with Gasteiger partial charge in [-0.15, -0.1) is 0 Å². The van der Waals surface area contributed by atoms with Gasteiger partial charge in [-0.1, -0.05) is 0 Å². The van der Waals surface area contributed by atoms with Crippen molar-refractivity contribution in [2.45, 2.75) is 31.8 Å². The van der Waals surface area contributed by atoms with Crippen LogP contribution in [0, 0.1) is 11.6 Å². The maximum Gasteiger partial charge on any atom is 0.338 e. The molecule has 3 N–H and O–H groups in total. The highest BCUT2D eigenvalue weighted by molar-refractivity contribution is 5.95. The Hall–Kier alpha value is -3.26. The number of benzene rings is 2. The highest BCUT2D eigenvalue weighted by atomic mass is 19.1. The summed E-state index contributed by atoms with van der Waals surface area (Å²) in [6.07, 6.45) is 1.83. The van der Waals surface area contributed by atoms with E-state index in [9.17, 15) is 13.6 Å². The van der Waals surface area contributed by atoms with Gasteiger partial charge < -0.3 is 20.0 Å². The van der Waals surface area contributed by atoms with Gasteiger partial charge in [0.1, 0.15) is 17.2 Å². The smallest absolute Gasteiger partial charge is 0.338 e. The number of rotatable bonds is 4. The van der Waals surface area contributed by atoms with Gasteiger partial charge in [0.25, 0.3) is 0 Å². The number of aromatic nitrogens is 3. The van der Waals surface area contributed by atoms with Crippen molar-refractivity contribution in [1.82, 2.24) is 14.5 Å². The number of nitrogens with two attached hydrogens (primary N) is 1. The van der Waals surface area contributed by atoms with E-state index in [0.717, 1.165) is 18.4 Å². The van der Waals surface area contributed by atoms with Gasteiger partial charge in [-0.3, -0.25) is 0 Å². The van der Waals surface area contributed by atoms with E-state index in [0.29, 0.717) is 33.5 Å². The lowest BCUT2D eigenvalue weighted by Gasteiger charge is -2.07. The summed E-state index contributed by atoms with van der Waals surface area (Å²) in [5.74, 6) is -0.970. The van der Waals surface area contributed by atoms with Crippen molar-refractivity contribution in [2.24, 2.45) is 5.73 Å². The molecule has 0 saturated heterocycles. The second-order valence-electron chi connectivity index (χ2n) is 7.79. The molecule has 4 aromatic rings. The quantitative estimate of drug-likeness (QED) is 0.481. The number of imidazole rings is 1. The Morgan fingerprint density at radius 3 is 2.67 bits per heavy atom. The second kappa shape index (κ2) is 6.63. The monoisotopic (exact) mass is 410 g/mol. The van der Waals surface area contributed by atoms with Gasteiger partial charge in [0.2, 0.25) is 0 Å². The van der Waals surface area contributed by atoms with Crippen LogP contribution >= 0.6 is 0 Å². The summed E-state index contributed by atoms with van der Waals surface area (Å²) < 4.78 is 35.9. The Morgan fingerprint density at radius 1 is 1.23 bits per heavy atom. The largest absolute Gasteiger partial charge is 0.465 e. The molecular weight excluding hydrogens is 390 g/mol. The summed E-state index contributed by atoms with van der Waals surface area (Å²) in [5.41, 5.74) is 8.48. The van der Waals surface area contributed by atoms with Crippen LogP contribution in [0.25, 0.3) is 33.5 Å². The zero-order valence-corrected chi connectivity index (χ0v) is 16.5. The standard InChI is InChI=1S/C22H20F2N4O2/c1-10(25)14-9-17-11(5-15(14)23)7-19(26-17)21-27-18-8-12(22(29)30-2)6-16(24)20(18)28(21)13-3-4-13/h5-10,13,26H,3-4,25H2,1-2H3/t10-/m1/s1. The summed E-state index contributed by atoms with van der Waals surface area (Å²) in [7, 11) is 1.25. The molecule has 2 heterocycles. The lowest BCUT2D eigenvalue weighted by atomic mass is 10.1. The number of carbonyl (C=O) groups excluding carboxylic acids is 1. The van der Waals surface area contributed by atoms with Crippen LogP contribution in [0.2, 0.25) is 0 Å². The average Bonchev–Trinajstić information content (AvgIpc) is 3.34. The molecule has 0 unspecified atom stereocenters. The average molecular weight is 410 g/mol. The number of ether oxygens (including phenoxy) is 1. The Bertz CT molecular complexity index is 1320. The van der Waals surface area contributed by atoms with Crippen LogP contribution < -0.4 is 5.73 Å². The minimum Gasteiger partial charge on any atom is -0.465 e. The first kappa shape index (κ1) is 18.7. The van der Waals surface area contributed by atoms with E-state index in [4.69, 9.17) is 10.5 Å². The summed E-state index contributed by atoms with van der Waals surface area (Å²) >= 11 is 0.